The first-order valence-corrected chi connectivity index (χ1v) is 10.1. The summed E-state index contributed by atoms with van der Waals surface area (Å²) in [5.41, 5.74) is 1.02. The number of alkyl carbamates (subject to hydrolysis) is 1. The molecular formula is C20H24N4O5S. The van der Waals surface area contributed by atoms with Crippen LogP contribution in [0.4, 0.5) is 10.5 Å². The monoisotopic (exact) mass is 432 g/mol. The van der Waals surface area contributed by atoms with Gasteiger partial charge in [-0.3, -0.25) is 0 Å². The zero-order valence-electron chi connectivity index (χ0n) is 17.4. The normalized spacial score (nSPS) is 12.6. The summed E-state index contributed by atoms with van der Waals surface area (Å²) in [4.78, 5) is 32.8. The molecule has 3 N–H and O–H groups in total. The van der Waals surface area contributed by atoms with Gasteiger partial charge < -0.3 is 25.2 Å². The van der Waals surface area contributed by atoms with Gasteiger partial charge in [0.05, 0.1) is 30.0 Å². The van der Waals surface area contributed by atoms with E-state index in [4.69, 9.17) is 9.47 Å². The van der Waals surface area contributed by atoms with Crippen LogP contribution in [0.15, 0.2) is 18.3 Å². The summed E-state index contributed by atoms with van der Waals surface area (Å²) in [6.07, 6.45) is 0.963. The molecule has 1 unspecified atom stereocenters. The maximum Gasteiger partial charge on any atom is 0.407 e. The van der Waals surface area contributed by atoms with Crippen LogP contribution in [0.1, 0.15) is 37.4 Å². The van der Waals surface area contributed by atoms with Crippen molar-refractivity contribution in [3.05, 3.63) is 23.2 Å². The molecule has 30 heavy (non-hydrogen) atoms. The van der Waals surface area contributed by atoms with Gasteiger partial charge in [-0.1, -0.05) is 0 Å². The van der Waals surface area contributed by atoms with E-state index in [0.29, 0.717) is 34.5 Å². The van der Waals surface area contributed by atoms with Crippen LogP contribution in [0.3, 0.4) is 0 Å². The molecule has 0 aliphatic carbocycles. The number of hydrogen-bond donors (Lipinski definition) is 3. The Hall–Kier alpha value is -3.14. The smallest absolute Gasteiger partial charge is 0.407 e. The van der Waals surface area contributed by atoms with E-state index in [0.717, 1.165) is 16.0 Å². The summed E-state index contributed by atoms with van der Waals surface area (Å²) in [5.74, 6) is -0.665. The molecule has 9 nitrogen and oxygen atoms in total. The number of hydrogen-bond acceptors (Lipinski definition) is 8. The number of amides is 1. The number of aromatic nitrogens is 2. The van der Waals surface area contributed by atoms with Crippen LogP contribution in [0.2, 0.25) is 0 Å². The van der Waals surface area contributed by atoms with Gasteiger partial charge in [-0.15, -0.1) is 11.3 Å². The Kier molecular flexibility index (Phi) is 5.97. The first-order valence-electron chi connectivity index (χ1n) is 9.32. The maximum absolute atomic E-state index is 12.0. The fraction of sp³-hybridized carbons (Fsp3) is 0.400. The van der Waals surface area contributed by atoms with Gasteiger partial charge >= 0.3 is 12.1 Å². The Morgan fingerprint density at radius 1 is 1.30 bits per heavy atom. The molecule has 1 amide bonds. The van der Waals surface area contributed by atoms with Crippen LogP contribution in [-0.2, 0) is 4.74 Å². The van der Waals surface area contributed by atoms with E-state index in [1.54, 1.807) is 33.8 Å². The molecule has 0 bridgehead atoms. The number of rotatable bonds is 6. The number of carboxylic acids is 1. The minimum Gasteiger partial charge on any atom is -0.480 e. The molecule has 2 aromatic heterocycles. The maximum atomic E-state index is 12.0. The molecule has 3 rings (SSSR count). The lowest BCUT2D eigenvalue weighted by molar-refractivity contribution is 0.0510. The predicted octanol–water partition coefficient (Wildman–Crippen LogP) is 3.88. The number of fused-ring (bicyclic) bond motifs is 3. The average Bonchev–Trinajstić information content (AvgIpc) is 3.03. The summed E-state index contributed by atoms with van der Waals surface area (Å²) in [6, 6.07) is 3.29. The lowest BCUT2D eigenvalue weighted by Crippen LogP contribution is -2.40. The molecule has 3 aromatic rings. The molecule has 0 radical (unpaired) electrons. The van der Waals surface area contributed by atoms with Crippen molar-refractivity contribution in [3.8, 4) is 5.88 Å². The van der Waals surface area contributed by atoms with E-state index in [9.17, 15) is 14.7 Å². The Bertz CT molecular complexity index is 1110. The van der Waals surface area contributed by atoms with Crippen molar-refractivity contribution in [1.82, 2.24) is 15.3 Å². The Morgan fingerprint density at radius 3 is 2.67 bits per heavy atom. The number of nitrogens with one attached hydrogen (secondary N) is 2. The molecule has 0 saturated heterocycles. The van der Waals surface area contributed by atoms with Gasteiger partial charge in [0.1, 0.15) is 10.5 Å². The molecule has 2 heterocycles. The van der Waals surface area contributed by atoms with Gasteiger partial charge in [0.15, 0.2) is 0 Å². The third-order valence-electron chi connectivity index (χ3n) is 4.09. The summed E-state index contributed by atoms with van der Waals surface area (Å²) in [6.45, 7) is 7.45. The Balaban J connectivity index is 1.91. The molecular weight excluding hydrogens is 408 g/mol. The Labute approximate surface area is 177 Å². The number of thiophene rings is 1. The molecule has 160 valence electrons. The molecule has 0 fully saturated rings. The molecule has 0 aliphatic heterocycles. The van der Waals surface area contributed by atoms with Crippen molar-refractivity contribution in [3.63, 3.8) is 0 Å². The molecule has 1 aromatic carbocycles. The van der Waals surface area contributed by atoms with Crippen LogP contribution < -0.4 is 15.4 Å². The van der Waals surface area contributed by atoms with Gasteiger partial charge in [-0.2, -0.15) is 0 Å². The molecule has 0 aliphatic rings. The number of methoxy groups -OCH3 is 1. The lowest BCUT2D eigenvalue weighted by atomic mass is 10.1. The SMILES string of the molecule is COc1cnc2c(ccc3sc(C(=O)O)c(NCC(C)NC(=O)OC(C)(C)C)c32)n1. The van der Waals surface area contributed by atoms with Crippen LogP contribution in [0, 0.1) is 0 Å². The largest absolute Gasteiger partial charge is 0.480 e. The van der Waals surface area contributed by atoms with Crippen molar-refractivity contribution in [2.75, 3.05) is 19.0 Å². The van der Waals surface area contributed by atoms with E-state index >= 15 is 0 Å². The van der Waals surface area contributed by atoms with E-state index < -0.39 is 17.7 Å². The Morgan fingerprint density at radius 2 is 2.03 bits per heavy atom. The van der Waals surface area contributed by atoms with Crippen molar-refractivity contribution in [2.24, 2.45) is 0 Å². The number of nitrogens with zero attached hydrogens (tertiary/aromatic N) is 2. The fourth-order valence-corrected chi connectivity index (χ4v) is 3.90. The standard InChI is InChI=1S/C20H24N4O5S/c1-10(23-19(27)29-20(2,3)4)8-21-16-14-12(30-17(16)18(25)26)7-6-11-15(14)22-9-13(24-11)28-5/h6-7,9-10,21H,8H2,1-5H3,(H,23,27)(H,25,26). The predicted molar refractivity (Wildman–Crippen MR) is 116 cm³/mol. The topological polar surface area (TPSA) is 123 Å². The zero-order chi connectivity index (χ0) is 22.1. The van der Waals surface area contributed by atoms with E-state index in [1.807, 2.05) is 6.07 Å². The highest BCUT2D eigenvalue weighted by atomic mass is 32.1. The van der Waals surface area contributed by atoms with Gasteiger partial charge in [0, 0.05) is 22.7 Å². The fourth-order valence-electron chi connectivity index (χ4n) is 2.88. The van der Waals surface area contributed by atoms with Crippen LogP contribution in [-0.4, -0.2) is 52.4 Å². The minimum atomic E-state index is -1.04. The van der Waals surface area contributed by atoms with Gasteiger partial charge in [-0.25, -0.2) is 19.6 Å². The van der Waals surface area contributed by atoms with Crippen molar-refractivity contribution >= 4 is 50.2 Å². The minimum absolute atomic E-state index is 0.166. The second-order valence-corrected chi connectivity index (χ2v) is 8.81. The van der Waals surface area contributed by atoms with E-state index in [2.05, 4.69) is 20.6 Å². The third-order valence-corrected chi connectivity index (χ3v) is 5.24. The van der Waals surface area contributed by atoms with E-state index in [-0.39, 0.29) is 10.9 Å². The number of carbonyl (C=O) groups excluding carboxylic acids is 1. The lowest BCUT2D eigenvalue weighted by Gasteiger charge is -2.22. The highest BCUT2D eigenvalue weighted by Crippen LogP contribution is 2.39. The number of benzene rings is 1. The number of carbonyl (C=O) groups is 2. The molecule has 1 atom stereocenters. The first kappa shape index (κ1) is 21.6. The van der Waals surface area contributed by atoms with Crippen LogP contribution in [0.5, 0.6) is 5.88 Å². The number of aromatic carboxylic acids is 1. The second kappa shape index (κ2) is 8.31. The molecule has 0 spiro atoms. The summed E-state index contributed by atoms with van der Waals surface area (Å²) >= 11 is 1.16. The second-order valence-electron chi connectivity index (χ2n) is 7.76. The number of ether oxygens (including phenoxy) is 2. The average molecular weight is 433 g/mol. The summed E-state index contributed by atoms with van der Waals surface area (Å²) < 4.78 is 11.2. The summed E-state index contributed by atoms with van der Waals surface area (Å²) in [5, 5.41) is 16.3. The molecule has 10 heteroatoms. The highest BCUT2D eigenvalue weighted by molar-refractivity contribution is 7.21. The summed E-state index contributed by atoms with van der Waals surface area (Å²) in [7, 11) is 1.51. The highest BCUT2D eigenvalue weighted by Gasteiger charge is 2.22. The van der Waals surface area contributed by atoms with Gasteiger partial charge in [0.2, 0.25) is 5.88 Å². The number of carboxylic acid groups (broad SMARTS) is 1. The third kappa shape index (κ3) is 4.70. The van der Waals surface area contributed by atoms with E-state index in [1.165, 1.54) is 13.3 Å². The van der Waals surface area contributed by atoms with Gasteiger partial charge in [-0.05, 0) is 39.8 Å². The number of anilines is 1. The van der Waals surface area contributed by atoms with Crippen molar-refractivity contribution in [2.45, 2.75) is 39.3 Å². The molecule has 0 saturated carbocycles. The van der Waals surface area contributed by atoms with Crippen molar-refractivity contribution in [1.29, 1.82) is 0 Å². The zero-order valence-corrected chi connectivity index (χ0v) is 18.2. The first-order chi connectivity index (χ1) is 14.1. The van der Waals surface area contributed by atoms with Crippen molar-refractivity contribution < 1.29 is 24.2 Å². The van der Waals surface area contributed by atoms with Crippen LogP contribution in [0.25, 0.3) is 21.1 Å². The van der Waals surface area contributed by atoms with Crippen LogP contribution >= 0.6 is 11.3 Å². The van der Waals surface area contributed by atoms with Gasteiger partial charge in [0.25, 0.3) is 0 Å². The quantitative estimate of drug-likeness (QED) is 0.536.